The molecule has 0 unspecified atom stereocenters. The molecule has 0 fully saturated rings. The van der Waals surface area contributed by atoms with Crippen LogP contribution in [0.15, 0.2) is 59.5 Å². The number of carbonyl (C=O) groups is 2. The second-order valence-electron chi connectivity index (χ2n) is 5.60. The summed E-state index contributed by atoms with van der Waals surface area (Å²) in [6.07, 6.45) is -1.10. The van der Waals surface area contributed by atoms with Gasteiger partial charge in [0.1, 0.15) is 0 Å². The first kappa shape index (κ1) is 20.4. The second-order valence-corrected chi connectivity index (χ2v) is 7.47. The van der Waals surface area contributed by atoms with Crippen molar-refractivity contribution in [1.29, 1.82) is 0 Å². The first-order valence-electron chi connectivity index (χ1n) is 8.28. The Labute approximate surface area is 158 Å². The number of anilines is 1. The molecule has 0 saturated heterocycles. The van der Waals surface area contributed by atoms with E-state index in [4.69, 9.17) is 4.74 Å². The zero-order chi connectivity index (χ0) is 20.0. The predicted molar refractivity (Wildman–Crippen MR) is 100.0 cm³/mol. The van der Waals surface area contributed by atoms with E-state index in [9.17, 15) is 18.0 Å². The molecule has 0 aromatic heterocycles. The van der Waals surface area contributed by atoms with Crippen molar-refractivity contribution >= 4 is 27.6 Å². The summed E-state index contributed by atoms with van der Waals surface area (Å²) in [5.74, 6) is -1.51. The van der Waals surface area contributed by atoms with Gasteiger partial charge in [0.05, 0.1) is 23.3 Å². The van der Waals surface area contributed by atoms with Crippen molar-refractivity contribution in [2.45, 2.75) is 24.8 Å². The Morgan fingerprint density at radius 1 is 1.07 bits per heavy atom. The number of ether oxygens (including phenoxy) is 2. The number of hydrogen-bond acceptors (Lipinski definition) is 6. The van der Waals surface area contributed by atoms with Gasteiger partial charge in [-0.25, -0.2) is 18.0 Å². The number of methoxy groups -OCH3 is 1. The lowest BCUT2D eigenvalue weighted by Crippen LogP contribution is -2.31. The van der Waals surface area contributed by atoms with E-state index in [-0.39, 0.29) is 17.0 Å². The van der Waals surface area contributed by atoms with Crippen molar-refractivity contribution in [3.8, 4) is 0 Å². The van der Waals surface area contributed by atoms with Crippen molar-refractivity contribution < 1.29 is 27.5 Å². The molecule has 8 heteroatoms. The van der Waals surface area contributed by atoms with Crippen LogP contribution in [0.2, 0.25) is 0 Å². The summed E-state index contributed by atoms with van der Waals surface area (Å²) in [5.41, 5.74) is 0.545. The summed E-state index contributed by atoms with van der Waals surface area (Å²) in [4.78, 5) is 23.6. The quantitative estimate of drug-likeness (QED) is 0.674. The Kier molecular flexibility index (Phi) is 6.57. The maximum absolute atomic E-state index is 13.0. The van der Waals surface area contributed by atoms with E-state index in [2.05, 4.69) is 4.74 Å². The molecule has 7 nitrogen and oxygen atoms in total. The number of para-hydroxylation sites is 1. The minimum Gasteiger partial charge on any atom is -0.466 e. The van der Waals surface area contributed by atoms with E-state index in [1.165, 1.54) is 42.6 Å². The molecule has 0 aliphatic heterocycles. The number of benzene rings is 2. The monoisotopic (exact) mass is 391 g/mol. The van der Waals surface area contributed by atoms with Crippen LogP contribution in [0.3, 0.4) is 0 Å². The Hall–Kier alpha value is -2.87. The Bertz CT molecular complexity index is 911. The summed E-state index contributed by atoms with van der Waals surface area (Å²) < 4.78 is 36.8. The standard InChI is InChI=1S/C19H21NO6S/c1-4-20(16-10-6-5-7-11-16)27(23,24)17-12-8-9-15(13-17)19(22)26-14(2)18(21)25-3/h5-14H,4H2,1-3H3/t14-/m0/s1. The summed E-state index contributed by atoms with van der Waals surface area (Å²) >= 11 is 0. The maximum atomic E-state index is 13.0. The molecule has 1 atom stereocenters. The lowest BCUT2D eigenvalue weighted by Gasteiger charge is -2.23. The van der Waals surface area contributed by atoms with Gasteiger partial charge in [-0.05, 0) is 44.2 Å². The van der Waals surface area contributed by atoms with Crippen LogP contribution in [0.25, 0.3) is 0 Å². The van der Waals surface area contributed by atoms with E-state index in [0.29, 0.717) is 5.69 Å². The Morgan fingerprint density at radius 2 is 1.74 bits per heavy atom. The molecule has 2 rings (SSSR count). The van der Waals surface area contributed by atoms with Gasteiger partial charge in [0.25, 0.3) is 10.0 Å². The molecular weight excluding hydrogens is 370 g/mol. The SMILES string of the molecule is CCN(c1ccccc1)S(=O)(=O)c1cccc(C(=O)O[C@@H](C)C(=O)OC)c1. The molecular formula is C19H21NO6S. The molecule has 0 heterocycles. The molecule has 0 bridgehead atoms. The maximum Gasteiger partial charge on any atom is 0.346 e. The van der Waals surface area contributed by atoms with Crippen LogP contribution in [0, 0.1) is 0 Å². The average molecular weight is 391 g/mol. The van der Waals surface area contributed by atoms with Gasteiger partial charge >= 0.3 is 11.9 Å². The van der Waals surface area contributed by atoms with E-state index < -0.39 is 28.1 Å². The Morgan fingerprint density at radius 3 is 2.33 bits per heavy atom. The van der Waals surface area contributed by atoms with Gasteiger partial charge in [0, 0.05) is 6.54 Å². The number of rotatable bonds is 7. The number of carbonyl (C=O) groups excluding carboxylic acids is 2. The largest absolute Gasteiger partial charge is 0.466 e. The van der Waals surface area contributed by atoms with Crippen LogP contribution in [-0.4, -0.2) is 40.1 Å². The first-order chi connectivity index (χ1) is 12.8. The zero-order valence-corrected chi connectivity index (χ0v) is 16.1. The van der Waals surface area contributed by atoms with Crippen molar-refractivity contribution in [1.82, 2.24) is 0 Å². The van der Waals surface area contributed by atoms with E-state index in [0.717, 1.165) is 0 Å². The third kappa shape index (κ3) is 4.65. The normalized spacial score (nSPS) is 12.1. The van der Waals surface area contributed by atoms with Crippen LogP contribution >= 0.6 is 0 Å². The van der Waals surface area contributed by atoms with E-state index in [1.54, 1.807) is 37.3 Å². The lowest BCUT2D eigenvalue weighted by molar-refractivity contribution is -0.149. The van der Waals surface area contributed by atoms with Gasteiger partial charge in [0.15, 0.2) is 6.10 Å². The van der Waals surface area contributed by atoms with E-state index >= 15 is 0 Å². The molecule has 0 aliphatic rings. The van der Waals surface area contributed by atoms with Gasteiger partial charge in [0.2, 0.25) is 0 Å². The highest BCUT2D eigenvalue weighted by Gasteiger charge is 2.25. The van der Waals surface area contributed by atoms with Gasteiger partial charge in [-0.2, -0.15) is 0 Å². The van der Waals surface area contributed by atoms with Crippen molar-refractivity contribution in [2.75, 3.05) is 18.0 Å². The molecule has 0 aliphatic carbocycles. The van der Waals surface area contributed by atoms with Gasteiger partial charge in [-0.15, -0.1) is 0 Å². The third-order valence-corrected chi connectivity index (χ3v) is 5.70. The number of esters is 2. The van der Waals surface area contributed by atoms with Crippen LogP contribution in [0.1, 0.15) is 24.2 Å². The number of hydrogen-bond donors (Lipinski definition) is 0. The van der Waals surface area contributed by atoms with Crippen molar-refractivity contribution in [3.63, 3.8) is 0 Å². The molecule has 0 spiro atoms. The lowest BCUT2D eigenvalue weighted by atomic mass is 10.2. The molecule has 0 radical (unpaired) electrons. The fraction of sp³-hybridized carbons (Fsp3) is 0.263. The summed E-state index contributed by atoms with van der Waals surface area (Å²) in [6.45, 7) is 3.32. The van der Waals surface area contributed by atoms with Crippen molar-refractivity contribution in [3.05, 3.63) is 60.2 Å². The highest BCUT2D eigenvalue weighted by Crippen LogP contribution is 2.24. The zero-order valence-electron chi connectivity index (χ0n) is 15.3. The molecule has 0 saturated carbocycles. The van der Waals surface area contributed by atoms with Crippen molar-refractivity contribution in [2.24, 2.45) is 0 Å². The molecule has 0 N–H and O–H groups in total. The summed E-state index contributed by atoms with van der Waals surface area (Å²) in [5, 5.41) is 0. The smallest absolute Gasteiger partial charge is 0.346 e. The van der Waals surface area contributed by atoms with Gasteiger partial charge in [-0.1, -0.05) is 24.3 Å². The highest BCUT2D eigenvalue weighted by atomic mass is 32.2. The van der Waals surface area contributed by atoms with Crippen LogP contribution < -0.4 is 4.31 Å². The summed E-state index contributed by atoms with van der Waals surface area (Å²) in [6, 6.07) is 14.2. The van der Waals surface area contributed by atoms with Gasteiger partial charge < -0.3 is 9.47 Å². The van der Waals surface area contributed by atoms with Crippen LogP contribution in [0.4, 0.5) is 5.69 Å². The molecule has 27 heavy (non-hydrogen) atoms. The minimum atomic E-state index is -3.88. The molecule has 2 aromatic rings. The number of nitrogens with zero attached hydrogens (tertiary/aromatic N) is 1. The first-order valence-corrected chi connectivity index (χ1v) is 9.72. The second kappa shape index (κ2) is 8.68. The molecule has 2 aromatic carbocycles. The predicted octanol–water partition coefficient (Wildman–Crippen LogP) is 2.62. The van der Waals surface area contributed by atoms with Crippen LogP contribution in [-0.2, 0) is 24.3 Å². The minimum absolute atomic E-state index is 0.0240. The van der Waals surface area contributed by atoms with Crippen LogP contribution in [0.5, 0.6) is 0 Å². The number of sulfonamides is 1. The average Bonchev–Trinajstić information content (AvgIpc) is 2.68. The fourth-order valence-electron chi connectivity index (χ4n) is 2.44. The fourth-order valence-corrected chi connectivity index (χ4v) is 3.96. The highest BCUT2D eigenvalue weighted by molar-refractivity contribution is 7.92. The molecule has 144 valence electrons. The Balaban J connectivity index is 2.32. The van der Waals surface area contributed by atoms with E-state index in [1.807, 2.05) is 0 Å². The third-order valence-electron chi connectivity index (χ3n) is 3.81. The molecule has 0 amide bonds. The topological polar surface area (TPSA) is 90.0 Å². The van der Waals surface area contributed by atoms with Gasteiger partial charge in [-0.3, -0.25) is 4.31 Å². The summed E-state index contributed by atoms with van der Waals surface area (Å²) in [7, 11) is -2.69.